The first kappa shape index (κ1) is 24.0. The number of hydrogen-bond donors (Lipinski definition) is 0. The van der Waals surface area contributed by atoms with Crippen LogP contribution in [0.5, 0.6) is 0 Å². The van der Waals surface area contributed by atoms with Gasteiger partial charge in [-0.3, -0.25) is 0 Å². The van der Waals surface area contributed by atoms with E-state index in [-0.39, 0.29) is 0 Å². The van der Waals surface area contributed by atoms with Gasteiger partial charge in [0.1, 0.15) is 0 Å². The molecule has 0 aliphatic carbocycles. The van der Waals surface area contributed by atoms with Crippen molar-refractivity contribution in [1.29, 1.82) is 0 Å². The van der Waals surface area contributed by atoms with E-state index in [1.807, 2.05) is 12.1 Å². The summed E-state index contributed by atoms with van der Waals surface area (Å²) < 4.78 is 10.9. The van der Waals surface area contributed by atoms with E-state index >= 15 is 0 Å². The quantitative estimate of drug-likeness (QED) is 0.196. The Labute approximate surface area is 248 Å². The van der Waals surface area contributed by atoms with Crippen LogP contribution < -0.4 is 0 Å². The van der Waals surface area contributed by atoms with Gasteiger partial charge in [0.05, 0.1) is 41.9 Å². The maximum absolute atomic E-state index is 7.53. The van der Waals surface area contributed by atoms with Crippen LogP contribution in [-0.2, 0) is 18.0 Å². The minimum absolute atomic E-state index is 0.543. The maximum Gasteiger partial charge on any atom is 0.188 e. The molecule has 0 N–H and O–H groups in total. The molecule has 43 heavy (non-hydrogen) atoms. The summed E-state index contributed by atoms with van der Waals surface area (Å²) in [6.07, 6.45) is 0. The number of ether oxygens (including phenoxy) is 1. The molecule has 0 saturated carbocycles. The fraction of sp³-hybridized carbons (Fsp3) is 0.0513. The Morgan fingerprint density at radius 2 is 1.05 bits per heavy atom. The van der Waals surface area contributed by atoms with Gasteiger partial charge in [-0.2, -0.15) is 0 Å². The summed E-state index contributed by atoms with van der Waals surface area (Å²) in [4.78, 5) is 3.68. The maximum atomic E-state index is 7.53. The van der Waals surface area contributed by atoms with Gasteiger partial charge < -0.3 is 13.9 Å². The van der Waals surface area contributed by atoms with Gasteiger partial charge in [-0.25, -0.2) is 4.85 Å². The predicted molar refractivity (Wildman–Crippen MR) is 175 cm³/mol. The van der Waals surface area contributed by atoms with E-state index in [1.165, 1.54) is 44.1 Å². The monoisotopic (exact) mass is 551 g/mol. The molecule has 9 rings (SSSR count). The van der Waals surface area contributed by atoms with Gasteiger partial charge in [0.15, 0.2) is 5.69 Å². The molecule has 202 valence electrons. The van der Waals surface area contributed by atoms with Gasteiger partial charge in [-0.1, -0.05) is 72.8 Å². The standard InChI is InChI=1S/C39H25N3O/c1-40-27-15-19-39-35(21-27)33-10-4-7-13-38(33)41(39)28-17-18-30-26(20-28)24-43-23-25-14-16-29(22-34(25)30)42-36-11-5-2-8-31(36)32-9-3-6-12-37(32)42/h2-22H,23-24H2. The van der Waals surface area contributed by atoms with Gasteiger partial charge in [0.2, 0.25) is 0 Å². The molecular weight excluding hydrogens is 526 g/mol. The van der Waals surface area contributed by atoms with Crippen molar-refractivity contribution >= 4 is 49.3 Å². The largest absolute Gasteiger partial charge is 0.372 e. The van der Waals surface area contributed by atoms with E-state index in [0.717, 1.165) is 33.2 Å². The van der Waals surface area contributed by atoms with Crippen LogP contribution in [0.4, 0.5) is 5.69 Å². The average Bonchev–Trinajstić information content (AvgIpc) is 3.50. The minimum atomic E-state index is 0.543. The van der Waals surface area contributed by atoms with Crippen LogP contribution in [-0.4, -0.2) is 9.13 Å². The first-order chi connectivity index (χ1) is 21.3. The van der Waals surface area contributed by atoms with Crippen molar-refractivity contribution in [2.45, 2.75) is 13.2 Å². The first-order valence-electron chi connectivity index (χ1n) is 14.5. The Morgan fingerprint density at radius 3 is 1.72 bits per heavy atom. The Morgan fingerprint density at radius 1 is 0.488 bits per heavy atom. The second-order valence-electron chi connectivity index (χ2n) is 11.2. The van der Waals surface area contributed by atoms with Crippen LogP contribution in [0, 0.1) is 6.57 Å². The molecule has 0 saturated heterocycles. The number of hydrogen-bond acceptors (Lipinski definition) is 1. The van der Waals surface area contributed by atoms with Gasteiger partial charge in [0, 0.05) is 27.5 Å². The van der Waals surface area contributed by atoms with Crippen molar-refractivity contribution in [2.75, 3.05) is 0 Å². The Kier molecular flexibility index (Phi) is 5.13. The minimum Gasteiger partial charge on any atom is -0.372 e. The Bertz CT molecular complexity index is 2400. The van der Waals surface area contributed by atoms with Gasteiger partial charge in [-0.15, -0.1) is 0 Å². The molecule has 1 aliphatic rings. The third-order valence-electron chi connectivity index (χ3n) is 8.87. The summed E-state index contributed by atoms with van der Waals surface area (Å²) in [5.41, 5.74) is 12.3. The zero-order chi connectivity index (χ0) is 28.5. The molecule has 4 heteroatoms. The van der Waals surface area contributed by atoms with E-state index in [9.17, 15) is 0 Å². The van der Waals surface area contributed by atoms with Crippen molar-refractivity contribution in [1.82, 2.24) is 9.13 Å². The molecule has 3 heterocycles. The highest BCUT2D eigenvalue weighted by Crippen LogP contribution is 2.39. The van der Waals surface area contributed by atoms with Crippen molar-refractivity contribution < 1.29 is 4.74 Å². The van der Waals surface area contributed by atoms with Gasteiger partial charge >= 0.3 is 0 Å². The number of para-hydroxylation sites is 3. The zero-order valence-electron chi connectivity index (χ0n) is 23.3. The third kappa shape index (κ3) is 3.53. The molecule has 1 aliphatic heterocycles. The first-order valence-corrected chi connectivity index (χ1v) is 14.5. The van der Waals surface area contributed by atoms with E-state index in [1.54, 1.807) is 0 Å². The van der Waals surface area contributed by atoms with Gasteiger partial charge in [0.25, 0.3) is 0 Å². The van der Waals surface area contributed by atoms with E-state index in [2.05, 4.69) is 129 Å². The van der Waals surface area contributed by atoms with Crippen LogP contribution in [0.2, 0.25) is 0 Å². The lowest BCUT2D eigenvalue weighted by Crippen LogP contribution is -1.98. The summed E-state index contributed by atoms with van der Waals surface area (Å²) in [5.74, 6) is 0. The molecule has 4 nitrogen and oxygen atoms in total. The lowest BCUT2D eigenvalue weighted by Gasteiger charge is -2.15. The van der Waals surface area contributed by atoms with E-state index in [0.29, 0.717) is 18.9 Å². The third-order valence-corrected chi connectivity index (χ3v) is 8.87. The second kappa shape index (κ2) is 9.19. The molecular formula is C39H25N3O. The fourth-order valence-corrected chi connectivity index (χ4v) is 6.96. The average molecular weight is 552 g/mol. The Balaban J connectivity index is 1.24. The topological polar surface area (TPSA) is 23.4 Å². The SMILES string of the molecule is [C-]#[N+]c1ccc2c(c1)c1ccccc1n2-c1ccc2c(c1)COCc1ccc(-n3c4ccccc4c4ccccc43)cc1-2. The molecule has 8 aromatic rings. The lowest BCUT2D eigenvalue weighted by molar-refractivity contribution is 0.110. The van der Waals surface area contributed by atoms with Crippen LogP contribution in [0.25, 0.3) is 71.0 Å². The highest BCUT2D eigenvalue weighted by atomic mass is 16.5. The molecule has 6 aromatic carbocycles. The summed E-state index contributed by atoms with van der Waals surface area (Å²) in [6, 6.07) is 45.2. The van der Waals surface area contributed by atoms with Crippen LogP contribution >= 0.6 is 0 Å². The predicted octanol–water partition coefficient (Wildman–Crippen LogP) is 10.1. The normalized spacial score (nSPS) is 12.8. The zero-order valence-corrected chi connectivity index (χ0v) is 23.3. The summed E-state index contributed by atoms with van der Waals surface area (Å²) in [6.45, 7) is 8.64. The van der Waals surface area contributed by atoms with Crippen molar-refractivity contribution in [3.05, 3.63) is 150 Å². The lowest BCUT2D eigenvalue weighted by atomic mass is 9.95. The number of benzene rings is 6. The second-order valence-corrected chi connectivity index (χ2v) is 11.2. The molecule has 0 fully saturated rings. The van der Waals surface area contributed by atoms with Crippen LogP contribution in [0.15, 0.2) is 127 Å². The highest BCUT2D eigenvalue weighted by Gasteiger charge is 2.20. The number of fused-ring (bicyclic) bond motifs is 9. The van der Waals surface area contributed by atoms with Gasteiger partial charge in [-0.05, 0) is 82.2 Å². The number of aromatic nitrogens is 2. The molecule has 2 aromatic heterocycles. The summed E-state index contributed by atoms with van der Waals surface area (Å²) in [5, 5.41) is 4.76. The fourth-order valence-electron chi connectivity index (χ4n) is 6.96. The van der Waals surface area contributed by atoms with Crippen LogP contribution in [0.1, 0.15) is 11.1 Å². The molecule has 0 spiro atoms. The molecule has 0 bridgehead atoms. The van der Waals surface area contributed by atoms with E-state index < -0.39 is 0 Å². The smallest absolute Gasteiger partial charge is 0.188 e. The molecule has 0 atom stereocenters. The molecule has 0 unspecified atom stereocenters. The van der Waals surface area contributed by atoms with Crippen molar-refractivity contribution in [2.24, 2.45) is 0 Å². The highest BCUT2D eigenvalue weighted by molar-refractivity contribution is 6.11. The molecule has 0 radical (unpaired) electrons. The molecule has 0 amide bonds. The van der Waals surface area contributed by atoms with Crippen LogP contribution in [0.3, 0.4) is 0 Å². The van der Waals surface area contributed by atoms with E-state index in [4.69, 9.17) is 11.3 Å². The van der Waals surface area contributed by atoms with Crippen molar-refractivity contribution in [3.63, 3.8) is 0 Å². The summed E-state index contributed by atoms with van der Waals surface area (Å²) >= 11 is 0. The summed E-state index contributed by atoms with van der Waals surface area (Å²) in [7, 11) is 0. The number of nitrogens with zero attached hydrogens (tertiary/aromatic N) is 3. The van der Waals surface area contributed by atoms with Crippen molar-refractivity contribution in [3.8, 4) is 22.5 Å². The Hall–Kier alpha value is -5.63. The number of rotatable bonds is 2.